The first-order chi connectivity index (χ1) is 12.7. The predicted molar refractivity (Wildman–Crippen MR) is 117 cm³/mol. The molecule has 0 heterocycles. The molecule has 0 spiro atoms. The van der Waals surface area contributed by atoms with Gasteiger partial charge in [0.2, 0.25) is 0 Å². The fraction of sp³-hybridized carbons (Fsp3) is 0.583. The van der Waals surface area contributed by atoms with Gasteiger partial charge in [-0.2, -0.15) is 0 Å². The number of ether oxygens (including phenoxy) is 2. The Morgan fingerprint density at radius 3 is 2.70 bits per heavy atom. The van der Waals surface area contributed by atoms with Gasteiger partial charge >= 0.3 is 0 Å². The van der Waals surface area contributed by atoms with Crippen LogP contribution in [0.5, 0.6) is 5.75 Å². The van der Waals surface area contributed by atoms with Gasteiger partial charge < -0.3 is 9.47 Å². The van der Waals surface area contributed by atoms with Crippen LogP contribution < -0.4 is 4.74 Å². The molecule has 0 amide bonds. The van der Waals surface area contributed by atoms with Crippen molar-refractivity contribution < 1.29 is 9.47 Å². The van der Waals surface area contributed by atoms with Crippen LogP contribution in [0, 0.1) is 17.3 Å². The van der Waals surface area contributed by atoms with Gasteiger partial charge in [-0.25, -0.2) is 0 Å². The molecule has 148 valence electrons. The number of rotatable bonds is 4. The SMILES string of the molecule is COc1ccc(Br)c(/C=C/[C@@H]2C=CC[C@]3(C)[C@@H](OC(C)(C)C)CCC[C@@H]23)c1. The van der Waals surface area contributed by atoms with E-state index in [9.17, 15) is 0 Å². The fourth-order valence-corrected chi connectivity index (χ4v) is 5.14. The minimum atomic E-state index is -0.0898. The third-order valence-corrected chi connectivity index (χ3v) is 6.86. The van der Waals surface area contributed by atoms with Crippen LogP contribution in [0.1, 0.15) is 58.9 Å². The molecule has 2 nitrogen and oxygen atoms in total. The Morgan fingerprint density at radius 2 is 2.00 bits per heavy atom. The van der Waals surface area contributed by atoms with Crippen molar-refractivity contribution in [3.63, 3.8) is 0 Å². The molecule has 0 saturated heterocycles. The van der Waals surface area contributed by atoms with Crippen LogP contribution >= 0.6 is 15.9 Å². The molecule has 0 bridgehead atoms. The number of allylic oxidation sites excluding steroid dienone is 3. The van der Waals surface area contributed by atoms with E-state index in [2.05, 4.69) is 74.0 Å². The maximum absolute atomic E-state index is 6.53. The molecule has 1 fully saturated rings. The first kappa shape index (κ1) is 20.7. The minimum Gasteiger partial charge on any atom is -0.497 e. The zero-order valence-electron chi connectivity index (χ0n) is 17.3. The first-order valence-corrected chi connectivity index (χ1v) is 10.9. The molecule has 0 aromatic heterocycles. The lowest BCUT2D eigenvalue weighted by Crippen LogP contribution is -2.49. The van der Waals surface area contributed by atoms with Gasteiger partial charge in [-0.05, 0) is 75.6 Å². The zero-order valence-corrected chi connectivity index (χ0v) is 18.9. The average molecular weight is 433 g/mol. The van der Waals surface area contributed by atoms with Crippen molar-refractivity contribution in [1.82, 2.24) is 0 Å². The van der Waals surface area contributed by atoms with Crippen LogP contribution in [0.4, 0.5) is 0 Å². The average Bonchev–Trinajstić information content (AvgIpc) is 2.60. The lowest BCUT2D eigenvalue weighted by molar-refractivity contribution is -0.153. The van der Waals surface area contributed by atoms with Gasteiger partial charge in [0.15, 0.2) is 0 Å². The van der Waals surface area contributed by atoms with Gasteiger partial charge in [0.1, 0.15) is 5.75 Å². The topological polar surface area (TPSA) is 18.5 Å². The van der Waals surface area contributed by atoms with E-state index in [1.807, 2.05) is 12.1 Å². The fourth-order valence-electron chi connectivity index (χ4n) is 4.76. The van der Waals surface area contributed by atoms with Crippen LogP contribution in [0.3, 0.4) is 0 Å². The molecule has 27 heavy (non-hydrogen) atoms. The Bertz CT molecular complexity index is 716. The highest BCUT2D eigenvalue weighted by atomic mass is 79.9. The molecule has 3 heteroatoms. The molecular weight excluding hydrogens is 400 g/mol. The van der Waals surface area contributed by atoms with E-state index in [-0.39, 0.29) is 11.0 Å². The molecule has 1 aromatic rings. The molecular formula is C24H33BrO2. The van der Waals surface area contributed by atoms with Crippen LogP contribution in [-0.2, 0) is 4.74 Å². The van der Waals surface area contributed by atoms with Crippen molar-refractivity contribution in [2.45, 2.75) is 65.1 Å². The molecule has 1 saturated carbocycles. The van der Waals surface area contributed by atoms with Gasteiger partial charge in [-0.3, -0.25) is 0 Å². The lowest BCUT2D eigenvalue weighted by atomic mass is 9.57. The van der Waals surface area contributed by atoms with Crippen LogP contribution in [-0.4, -0.2) is 18.8 Å². The summed E-state index contributed by atoms with van der Waals surface area (Å²) in [5.41, 5.74) is 1.28. The molecule has 0 unspecified atom stereocenters. The summed E-state index contributed by atoms with van der Waals surface area (Å²) < 4.78 is 13.0. The molecule has 0 radical (unpaired) electrons. The zero-order chi connectivity index (χ0) is 19.7. The highest BCUT2D eigenvalue weighted by Gasteiger charge is 2.48. The van der Waals surface area contributed by atoms with Gasteiger partial charge in [0, 0.05) is 9.89 Å². The highest BCUT2D eigenvalue weighted by molar-refractivity contribution is 9.10. The smallest absolute Gasteiger partial charge is 0.119 e. The minimum absolute atomic E-state index is 0.0898. The Hall–Kier alpha value is -1.06. The van der Waals surface area contributed by atoms with Crippen molar-refractivity contribution in [2.24, 2.45) is 17.3 Å². The maximum atomic E-state index is 6.53. The van der Waals surface area contributed by atoms with Gasteiger partial charge in [-0.15, -0.1) is 0 Å². The van der Waals surface area contributed by atoms with E-state index in [0.29, 0.717) is 17.9 Å². The maximum Gasteiger partial charge on any atom is 0.119 e. The van der Waals surface area contributed by atoms with Gasteiger partial charge in [0.25, 0.3) is 0 Å². The molecule has 0 N–H and O–H groups in total. The van der Waals surface area contributed by atoms with Crippen molar-refractivity contribution >= 4 is 22.0 Å². The molecule has 2 aliphatic rings. The monoisotopic (exact) mass is 432 g/mol. The number of halogens is 1. The Labute approximate surface area is 173 Å². The normalized spacial score (nSPS) is 31.1. The molecule has 0 aliphatic heterocycles. The van der Waals surface area contributed by atoms with Crippen molar-refractivity contribution in [3.05, 3.63) is 46.5 Å². The quantitative estimate of drug-likeness (QED) is 0.474. The third-order valence-electron chi connectivity index (χ3n) is 6.14. The molecule has 2 aliphatic carbocycles. The van der Waals surface area contributed by atoms with Crippen LogP contribution in [0.25, 0.3) is 6.08 Å². The molecule has 3 rings (SSSR count). The largest absolute Gasteiger partial charge is 0.497 e. The van der Waals surface area contributed by atoms with Crippen molar-refractivity contribution in [2.75, 3.05) is 7.11 Å². The highest BCUT2D eigenvalue weighted by Crippen LogP contribution is 2.52. The first-order valence-electron chi connectivity index (χ1n) is 10.1. The van der Waals surface area contributed by atoms with Crippen molar-refractivity contribution in [1.29, 1.82) is 0 Å². The standard InChI is InChI=1S/C24H33BrO2/c1-23(2,3)27-22-10-6-9-20-17(8-7-15-24(20,22)4)11-12-18-16-19(26-5)13-14-21(18)25/h7-8,11-14,16-17,20,22H,6,9-10,15H2,1-5H3/b12-11+/t17-,20-,22-,24-/m0/s1. The van der Waals surface area contributed by atoms with Gasteiger partial charge in [-0.1, -0.05) is 53.6 Å². The summed E-state index contributed by atoms with van der Waals surface area (Å²) in [6.07, 6.45) is 14.5. The summed E-state index contributed by atoms with van der Waals surface area (Å²) in [7, 11) is 1.71. The second-order valence-corrected chi connectivity index (χ2v) is 10.1. The Balaban J connectivity index is 1.83. The number of hydrogen-bond donors (Lipinski definition) is 0. The van der Waals surface area contributed by atoms with Crippen LogP contribution in [0.2, 0.25) is 0 Å². The lowest BCUT2D eigenvalue weighted by Gasteiger charge is -2.52. The van der Waals surface area contributed by atoms with E-state index in [4.69, 9.17) is 9.47 Å². The summed E-state index contributed by atoms with van der Waals surface area (Å²) >= 11 is 3.66. The third kappa shape index (κ3) is 4.68. The summed E-state index contributed by atoms with van der Waals surface area (Å²) in [6, 6.07) is 6.11. The van der Waals surface area contributed by atoms with E-state index < -0.39 is 0 Å². The van der Waals surface area contributed by atoms with E-state index >= 15 is 0 Å². The summed E-state index contributed by atoms with van der Waals surface area (Å²) in [6.45, 7) is 8.97. The van der Waals surface area contributed by atoms with Gasteiger partial charge in [0.05, 0.1) is 18.8 Å². The van der Waals surface area contributed by atoms with E-state index in [1.54, 1.807) is 7.11 Å². The summed E-state index contributed by atoms with van der Waals surface area (Å²) in [5, 5.41) is 0. The predicted octanol–water partition coefficient (Wildman–Crippen LogP) is 7.04. The Morgan fingerprint density at radius 1 is 1.22 bits per heavy atom. The van der Waals surface area contributed by atoms with Crippen molar-refractivity contribution in [3.8, 4) is 5.75 Å². The second-order valence-electron chi connectivity index (χ2n) is 9.22. The second kappa shape index (κ2) is 8.13. The molecule has 4 atom stereocenters. The molecule has 1 aromatic carbocycles. The van der Waals surface area contributed by atoms with E-state index in [0.717, 1.165) is 22.2 Å². The van der Waals surface area contributed by atoms with Crippen LogP contribution in [0.15, 0.2) is 40.9 Å². The number of fused-ring (bicyclic) bond motifs is 1. The number of methoxy groups -OCH3 is 1. The van der Waals surface area contributed by atoms with E-state index in [1.165, 1.54) is 19.3 Å². The summed E-state index contributed by atoms with van der Waals surface area (Å²) in [4.78, 5) is 0. The number of benzene rings is 1. The summed E-state index contributed by atoms with van der Waals surface area (Å²) in [5.74, 6) is 1.97. The Kier molecular flexibility index (Phi) is 6.22. The number of hydrogen-bond acceptors (Lipinski definition) is 2.